The zero-order chi connectivity index (χ0) is 17.5. The quantitative estimate of drug-likeness (QED) is 0.794. The summed E-state index contributed by atoms with van der Waals surface area (Å²) >= 11 is 0. The predicted octanol–water partition coefficient (Wildman–Crippen LogP) is 4.62. The van der Waals surface area contributed by atoms with E-state index in [1.807, 2.05) is 39.4 Å². The van der Waals surface area contributed by atoms with Gasteiger partial charge in [0.15, 0.2) is 0 Å². The summed E-state index contributed by atoms with van der Waals surface area (Å²) < 4.78 is 15.2. The Morgan fingerprint density at radius 1 is 1.18 bits per heavy atom. The van der Waals surface area contributed by atoms with Crippen molar-refractivity contribution in [1.29, 1.82) is 0 Å². The number of rotatable bonds is 2. The van der Waals surface area contributed by atoms with Gasteiger partial charge < -0.3 is 0 Å². The number of halogens is 1. The Balaban J connectivity index is 0.00000102. The van der Waals surface area contributed by atoms with Gasteiger partial charge in [-0.15, -0.1) is 0 Å². The maximum Gasteiger partial charge on any atom is 0.114 e. The van der Waals surface area contributed by atoms with E-state index in [2.05, 4.69) is 37.7 Å². The minimum absolute atomic E-state index is 0.0858. The van der Waals surface area contributed by atoms with Crippen LogP contribution in [0.25, 0.3) is 0 Å². The molecule has 1 aliphatic heterocycles. The smallest absolute Gasteiger partial charge is 0.114 e. The average Bonchev–Trinajstić information content (AvgIpc) is 2.98. The Bertz CT molecular complexity index is 432. The summed E-state index contributed by atoms with van der Waals surface area (Å²) in [5.41, 5.74) is 3.72. The Hall–Kier alpha value is -0.900. The minimum atomic E-state index is -0.659. The molecule has 2 rings (SSSR count). The number of likely N-dealkylation sites (tertiary alicyclic amines) is 1. The van der Waals surface area contributed by atoms with Crippen molar-refractivity contribution >= 4 is 0 Å². The van der Waals surface area contributed by atoms with E-state index < -0.39 is 6.17 Å². The van der Waals surface area contributed by atoms with Crippen molar-refractivity contribution in [3.8, 4) is 0 Å². The van der Waals surface area contributed by atoms with Crippen LogP contribution in [0.3, 0.4) is 0 Å². The molecule has 1 aromatic heterocycles. The zero-order valence-corrected chi connectivity index (χ0v) is 16.1. The van der Waals surface area contributed by atoms with Crippen LogP contribution in [-0.2, 0) is 19.0 Å². The third-order valence-corrected chi connectivity index (χ3v) is 3.74. The summed E-state index contributed by atoms with van der Waals surface area (Å²) in [7, 11) is 1.98. The van der Waals surface area contributed by atoms with Crippen LogP contribution < -0.4 is 0 Å². The van der Waals surface area contributed by atoms with Gasteiger partial charge in [-0.05, 0) is 18.8 Å². The molecule has 3 nitrogen and oxygen atoms in total. The van der Waals surface area contributed by atoms with Crippen LogP contribution in [-0.4, -0.2) is 33.9 Å². The van der Waals surface area contributed by atoms with Gasteiger partial charge in [0, 0.05) is 37.9 Å². The molecule has 1 aliphatic rings. The molecule has 0 unspecified atom stereocenters. The number of hydrogen-bond donors (Lipinski definition) is 0. The normalized spacial score (nSPS) is 18.4. The molecule has 0 spiro atoms. The summed E-state index contributed by atoms with van der Waals surface area (Å²) in [4.78, 5) is 2.17. The van der Waals surface area contributed by atoms with Crippen molar-refractivity contribution in [3.05, 3.63) is 17.0 Å². The molecule has 0 N–H and O–H groups in total. The van der Waals surface area contributed by atoms with Gasteiger partial charge in [-0.3, -0.25) is 9.58 Å². The van der Waals surface area contributed by atoms with Crippen LogP contribution in [0, 0.1) is 6.92 Å². The second-order valence-electron chi connectivity index (χ2n) is 6.40. The summed E-state index contributed by atoms with van der Waals surface area (Å²) in [6, 6.07) is 0. The average molecular weight is 314 g/mol. The third kappa shape index (κ3) is 5.38. The molecule has 130 valence electrons. The summed E-state index contributed by atoms with van der Waals surface area (Å²) in [6.45, 7) is 18.9. The topological polar surface area (TPSA) is 21.1 Å². The summed E-state index contributed by atoms with van der Waals surface area (Å²) in [6.07, 6.45) is 0.00400. The zero-order valence-electron chi connectivity index (χ0n) is 16.1. The maximum atomic E-state index is 13.2. The molecule has 1 saturated heterocycles. The molecule has 0 aliphatic carbocycles. The van der Waals surface area contributed by atoms with Crippen LogP contribution >= 0.6 is 0 Å². The van der Waals surface area contributed by atoms with Gasteiger partial charge in [-0.2, -0.15) is 5.10 Å². The van der Waals surface area contributed by atoms with Gasteiger partial charge in [0.05, 0.1) is 5.69 Å². The fourth-order valence-corrected chi connectivity index (χ4v) is 2.90. The van der Waals surface area contributed by atoms with Gasteiger partial charge >= 0.3 is 0 Å². The summed E-state index contributed by atoms with van der Waals surface area (Å²) in [5.74, 6) is 0. The van der Waals surface area contributed by atoms with E-state index in [1.165, 1.54) is 11.3 Å². The standard InChI is InChI=1S/C14H24FN3.2C2H6/c1-10-13(14(2,3)4)12(16-17(10)5)9-18-7-6-11(15)8-18;2*1-2/h11H,6-9H2,1-5H3;2*1-2H3/t11-;;/m0../s1. The second-order valence-corrected chi connectivity index (χ2v) is 6.40. The largest absolute Gasteiger partial charge is 0.294 e. The van der Waals surface area contributed by atoms with E-state index in [0.717, 1.165) is 18.8 Å². The highest BCUT2D eigenvalue weighted by Crippen LogP contribution is 2.30. The predicted molar refractivity (Wildman–Crippen MR) is 94.1 cm³/mol. The molecule has 0 bridgehead atoms. The Labute approximate surface area is 136 Å². The fourth-order valence-electron chi connectivity index (χ4n) is 2.90. The molecule has 2 heterocycles. The van der Waals surface area contributed by atoms with Gasteiger partial charge in [-0.25, -0.2) is 4.39 Å². The first kappa shape index (κ1) is 21.1. The van der Waals surface area contributed by atoms with Gasteiger partial charge in [0.2, 0.25) is 0 Å². The number of aromatic nitrogens is 2. The molecule has 4 heteroatoms. The molecule has 22 heavy (non-hydrogen) atoms. The van der Waals surface area contributed by atoms with E-state index >= 15 is 0 Å². The first-order valence-corrected chi connectivity index (χ1v) is 8.68. The van der Waals surface area contributed by atoms with Crippen molar-refractivity contribution in [2.45, 2.75) is 79.9 Å². The fraction of sp³-hybridized carbons (Fsp3) is 0.833. The van der Waals surface area contributed by atoms with Gasteiger partial charge in [0.1, 0.15) is 6.17 Å². The molecular weight excluding hydrogens is 277 g/mol. The van der Waals surface area contributed by atoms with Crippen molar-refractivity contribution in [3.63, 3.8) is 0 Å². The first-order valence-electron chi connectivity index (χ1n) is 8.68. The third-order valence-electron chi connectivity index (χ3n) is 3.74. The molecule has 0 radical (unpaired) electrons. The Kier molecular flexibility index (Phi) is 8.91. The van der Waals surface area contributed by atoms with Crippen LogP contribution in [0.4, 0.5) is 4.39 Å². The Morgan fingerprint density at radius 3 is 2.14 bits per heavy atom. The highest BCUT2D eigenvalue weighted by Gasteiger charge is 2.28. The van der Waals surface area contributed by atoms with Gasteiger partial charge in [0.25, 0.3) is 0 Å². The lowest BCUT2D eigenvalue weighted by molar-refractivity contribution is 0.278. The van der Waals surface area contributed by atoms with Crippen LogP contribution in [0.15, 0.2) is 0 Å². The van der Waals surface area contributed by atoms with Crippen LogP contribution in [0.1, 0.15) is 71.8 Å². The van der Waals surface area contributed by atoms with E-state index in [4.69, 9.17) is 0 Å². The lowest BCUT2D eigenvalue weighted by Crippen LogP contribution is -2.23. The van der Waals surface area contributed by atoms with Crippen molar-refractivity contribution in [1.82, 2.24) is 14.7 Å². The van der Waals surface area contributed by atoms with Crippen LogP contribution in [0.2, 0.25) is 0 Å². The first-order chi connectivity index (χ1) is 10.3. The van der Waals surface area contributed by atoms with E-state index in [-0.39, 0.29) is 5.41 Å². The molecule has 1 aromatic rings. The molecular formula is C18H36FN3. The highest BCUT2D eigenvalue weighted by atomic mass is 19.1. The lowest BCUT2D eigenvalue weighted by atomic mass is 9.85. The number of alkyl halides is 1. The minimum Gasteiger partial charge on any atom is -0.294 e. The van der Waals surface area contributed by atoms with Crippen LogP contribution in [0.5, 0.6) is 0 Å². The van der Waals surface area contributed by atoms with E-state index in [1.54, 1.807) is 0 Å². The highest BCUT2D eigenvalue weighted by molar-refractivity contribution is 5.32. The van der Waals surface area contributed by atoms with Crippen molar-refractivity contribution in [2.24, 2.45) is 7.05 Å². The summed E-state index contributed by atoms with van der Waals surface area (Å²) in [5, 5.41) is 4.62. The van der Waals surface area contributed by atoms with E-state index in [0.29, 0.717) is 13.0 Å². The van der Waals surface area contributed by atoms with E-state index in [9.17, 15) is 4.39 Å². The molecule has 0 saturated carbocycles. The molecule has 0 amide bonds. The number of aryl methyl sites for hydroxylation is 1. The second kappa shape index (κ2) is 9.29. The number of hydrogen-bond acceptors (Lipinski definition) is 2. The lowest BCUT2D eigenvalue weighted by Gasteiger charge is -2.22. The van der Waals surface area contributed by atoms with Crippen molar-refractivity contribution < 1.29 is 4.39 Å². The maximum absolute atomic E-state index is 13.2. The SMILES string of the molecule is CC.CC.Cc1c(C(C)(C)C)c(CN2CC[C@H](F)C2)nn1C. The molecule has 0 aromatic carbocycles. The molecule has 1 fully saturated rings. The Morgan fingerprint density at radius 2 is 1.73 bits per heavy atom. The number of nitrogens with zero attached hydrogens (tertiary/aromatic N) is 3. The molecule has 1 atom stereocenters. The monoisotopic (exact) mass is 313 g/mol. The van der Waals surface area contributed by atoms with Crippen molar-refractivity contribution in [2.75, 3.05) is 13.1 Å². The van der Waals surface area contributed by atoms with Gasteiger partial charge in [-0.1, -0.05) is 48.5 Å².